The summed E-state index contributed by atoms with van der Waals surface area (Å²) in [7, 11) is 1.58. The van der Waals surface area contributed by atoms with Gasteiger partial charge < -0.3 is 15.0 Å². The number of nitrogens with one attached hydrogen (secondary N) is 1. The molecule has 1 heterocycles. The first kappa shape index (κ1) is 26.4. The minimum Gasteiger partial charge on any atom is -0.497 e. The van der Waals surface area contributed by atoms with Crippen molar-refractivity contribution in [3.63, 3.8) is 0 Å². The molecule has 8 nitrogen and oxygen atoms in total. The van der Waals surface area contributed by atoms with Crippen LogP contribution in [0.1, 0.15) is 58.4 Å². The highest BCUT2D eigenvalue weighted by atomic mass is 16.5. The zero-order chi connectivity index (χ0) is 25.5. The zero-order valence-corrected chi connectivity index (χ0v) is 21.2. The van der Waals surface area contributed by atoms with Crippen molar-refractivity contribution in [1.29, 1.82) is 0 Å². The van der Waals surface area contributed by atoms with Crippen LogP contribution < -0.4 is 10.1 Å². The quantitative estimate of drug-likeness (QED) is 0.386. The van der Waals surface area contributed by atoms with Crippen molar-refractivity contribution in [3.8, 4) is 5.75 Å². The number of fused-ring (bicyclic) bond motifs is 1. The lowest BCUT2D eigenvalue weighted by Crippen LogP contribution is -2.51. The molecule has 190 valence electrons. The van der Waals surface area contributed by atoms with E-state index in [0.29, 0.717) is 25.0 Å². The van der Waals surface area contributed by atoms with Crippen LogP contribution in [0.15, 0.2) is 36.4 Å². The van der Waals surface area contributed by atoms with Crippen molar-refractivity contribution in [3.05, 3.63) is 42.0 Å². The molecule has 0 bridgehead atoms. The molecule has 0 radical (unpaired) electrons. The van der Waals surface area contributed by atoms with Gasteiger partial charge in [0, 0.05) is 25.6 Å². The molecule has 1 aliphatic carbocycles. The second-order valence-corrected chi connectivity index (χ2v) is 9.35. The first-order valence-electron chi connectivity index (χ1n) is 12.5. The molecule has 1 fully saturated rings. The maximum Gasteiger partial charge on any atom is 0.243 e. The monoisotopic (exact) mass is 483 g/mol. The van der Waals surface area contributed by atoms with E-state index in [1.807, 2.05) is 57.2 Å². The Bertz CT molecular complexity index is 949. The average molecular weight is 484 g/mol. The Balaban J connectivity index is 1.77. The zero-order valence-electron chi connectivity index (χ0n) is 21.2. The smallest absolute Gasteiger partial charge is 0.243 e. The van der Waals surface area contributed by atoms with Gasteiger partial charge in [-0.1, -0.05) is 38.1 Å². The van der Waals surface area contributed by atoms with E-state index >= 15 is 0 Å². The molecule has 8 heteroatoms. The van der Waals surface area contributed by atoms with Crippen molar-refractivity contribution >= 4 is 23.6 Å². The largest absolute Gasteiger partial charge is 0.497 e. The topological polar surface area (TPSA) is 96.0 Å². The molecule has 4 atom stereocenters. The van der Waals surface area contributed by atoms with E-state index in [0.717, 1.165) is 12.0 Å². The Kier molecular flexibility index (Phi) is 9.07. The summed E-state index contributed by atoms with van der Waals surface area (Å²) in [5.41, 5.74) is 0.831. The molecule has 0 unspecified atom stereocenters. The first-order chi connectivity index (χ1) is 16.8. The van der Waals surface area contributed by atoms with Gasteiger partial charge in [0.05, 0.1) is 18.9 Å². The van der Waals surface area contributed by atoms with Crippen molar-refractivity contribution in [2.75, 3.05) is 13.7 Å². The van der Waals surface area contributed by atoms with Crippen molar-refractivity contribution in [2.24, 2.45) is 11.8 Å². The number of carbonyl (C=O) groups is 4. The van der Waals surface area contributed by atoms with Crippen molar-refractivity contribution in [1.82, 2.24) is 15.1 Å². The summed E-state index contributed by atoms with van der Waals surface area (Å²) in [6.07, 6.45) is 6.21. The summed E-state index contributed by atoms with van der Waals surface area (Å²) in [5, 5.41) is 2.99. The number of rotatable bonds is 11. The lowest BCUT2D eigenvalue weighted by Gasteiger charge is -2.32. The molecule has 0 aromatic heterocycles. The number of likely N-dealkylation sites (tertiary alicyclic amines) is 1. The number of benzene rings is 1. The number of amides is 4. The van der Waals surface area contributed by atoms with E-state index in [9.17, 15) is 19.2 Å². The van der Waals surface area contributed by atoms with Gasteiger partial charge in [0.1, 0.15) is 11.8 Å². The number of ether oxygens (including phenoxy) is 1. The van der Waals surface area contributed by atoms with Gasteiger partial charge in [-0.3, -0.25) is 24.1 Å². The van der Waals surface area contributed by atoms with Gasteiger partial charge in [-0.05, 0) is 50.3 Å². The molecule has 35 heavy (non-hydrogen) atoms. The third-order valence-corrected chi connectivity index (χ3v) is 7.02. The van der Waals surface area contributed by atoms with Crippen LogP contribution in [0.2, 0.25) is 0 Å². The Labute approximate surface area is 207 Å². The third-order valence-electron chi connectivity index (χ3n) is 7.02. The summed E-state index contributed by atoms with van der Waals surface area (Å²) >= 11 is 0. The number of allylic oxidation sites excluding steroid dienone is 2. The van der Waals surface area contributed by atoms with Crippen LogP contribution in [0.3, 0.4) is 0 Å². The van der Waals surface area contributed by atoms with E-state index in [1.54, 1.807) is 12.0 Å². The molecule has 0 spiro atoms. The molecule has 1 aliphatic heterocycles. The minimum atomic E-state index is -0.667. The van der Waals surface area contributed by atoms with Gasteiger partial charge in [0.15, 0.2) is 0 Å². The van der Waals surface area contributed by atoms with Crippen LogP contribution in [-0.4, -0.2) is 59.2 Å². The lowest BCUT2D eigenvalue weighted by atomic mass is 9.85. The molecule has 1 aromatic rings. The summed E-state index contributed by atoms with van der Waals surface area (Å²) in [5.74, 6) is -0.843. The standard InChI is InChI=1S/C27H37N3O5/c1-5-18(3)28-25(32)23(6-2)30(17-19-10-9-11-20(16-19)35-4)24(31)14-15-29-26(33)21-12-7-8-13-22(21)27(29)34/h7-11,16,18,21-23H,5-6,12-15,17H2,1-4H3,(H,28,32)/t18-,21-,22+,23-/m0/s1. The average Bonchev–Trinajstić information content (AvgIpc) is 3.11. The SMILES string of the molecule is CC[C@H](C)NC(=O)[C@H](CC)N(Cc1cccc(OC)c1)C(=O)CCN1C(=O)[C@H]2CC=CC[C@H]2C1=O. The minimum absolute atomic E-state index is 0.0119. The van der Waals surface area contributed by atoms with E-state index in [4.69, 9.17) is 4.74 Å². The van der Waals surface area contributed by atoms with Crippen LogP contribution in [0.5, 0.6) is 5.75 Å². The number of hydrogen-bond acceptors (Lipinski definition) is 5. The Morgan fingerprint density at radius 3 is 2.34 bits per heavy atom. The number of imide groups is 1. The summed E-state index contributed by atoms with van der Waals surface area (Å²) in [6, 6.07) is 6.70. The van der Waals surface area contributed by atoms with Gasteiger partial charge >= 0.3 is 0 Å². The van der Waals surface area contributed by atoms with E-state index in [2.05, 4.69) is 5.32 Å². The molecule has 4 amide bonds. The first-order valence-corrected chi connectivity index (χ1v) is 12.5. The Morgan fingerprint density at radius 2 is 1.77 bits per heavy atom. The Hall–Kier alpha value is -3.16. The Morgan fingerprint density at radius 1 is 1.11 bits per heavy atom. The fourth-order valence-corrected chi connectivity index (χ4v) is 4.77. The van der Waals surface area contributed by atoms with Crippen LogP contribution in [-0.2, 0) is 25.7 Å². The molecule has 2 aliphatic rings. The number of nitrogens with zero attached hydrogens (tertiary/aromatic N) is 2. The highest BCUT2D eigenvalue weighted by molar-refractivity contribution is 6.05. The molecular formula is C27H37N3O5. The van der Waals surface area contributed by atoms with Crippen molar-refractivity contribution < 1.29 is 23.9 Å². The van der Waals surface area contributed by atoms with Gasteiger partial charge in [-0.2, -0.15) is 0 Å². The molecular weight excluding hydrogens is 446 g/mol. The summed E-state index contributed by atoms with van der Waals surface area (Å²) < 4.78 is 5.31. The maximum absolute atomic E-state index is 13.5. The third kappa shape index (κ3) is 6.10. The van der Waals surface area contributed by atoms with E-state index in [1.165, 1.54) is 4.90 Å². The predicted octanol–water partition coefficient (Wildman–Crippen LogP) is 3.06. The number of hydrogen-bond donors (Lipinski definition) is 1. The molecule has 3 rings (SSSR count). The van der Waals surface area contributed by atoms with Gasteiger partial charge in [-0.25, -0.2) is 0 Å². The van der Waals surface area contributed by atoms with E-state index < -0.39 is 6.04 Å². The lowest BCUT2D eigenvalue weighted by molar-refractivity contribution is -0.144. The highest BCUT2D eigenvalue weighted by Gasteiger charge is 2.47. The van der Waals surface area contributed by atoms with Crippen LogP contribution >= 0.6 is 0 Å². The van der Waals surface area contributed by atoms with Gasteiger partial charge in [0.25, 0.3) is 0 Å². The van der Waals surface area contributed by atoms with Crippen molar-refractivity contribution in [2.45, 2.75) is 71.5 Å². The van der Waals surface area contributed by atoms with Gasteiger partial charge in [0.2, 0.25) is 23.6 Å². The number of carbonyl (C=O) groups excluding carboxylic acids is 4. The normalized spacial score (nSPS) is 20.9. The van der Waals surface area contributed by atoms with E-state index in [-0.39, 0.29) is 61.0 Å². The number of methoxy groups -OCH3 is 1. The van der Waals surface area contributed by atoms with Crippen LogP contribution in [0, 0.1) is 11.8 Å². The predicted molar refractivity (Wildman–Crippen MR) is 132 cm³/mol. The molecule has 1 aromatic carbocycles. The summed E-state index contributed by atoms with van der Waals surface area (Å²) in [4.78, 5) is 55.0. The second kappa shape index (κ2) is 12.0. The van der Waals surface area contributed by atoms with Gasteiger partial charge in [-0.15, -0.1) is 0 Å². The van der Waals surface area contributed by atoms with Crippen LogP contribution in [0.4, 0.5) is 0 Å². The maximum atomic E-state index is 13.5. The molecule has 0 saturated carbocycles. The fraction of sp³-hybridized carbons (Fsp3) is 0.556. The second-order valence-electron chi connectivity index (χ2n) is 9.35. The molecule has 1 saturated heterocycles. The summed E-state index contributed by atoms with van der Waals surface area (Å²) in [6.45, 7) is 6.04. The molecule has 1 N–H and O–H groups in total. The fourth-order valence-electron chi connectivity index (χ4n) is 4.77. The van der Waals surface area contributed by atoms with Crippen LogP contribution in [0.25, 0.3) is 0 Å². The highest BCUT2D eigenvalue weighted by Crippen LogP contribution is 2.35.